The topological polar surface area (TPSA) is 42.2 Å². The molecule has 4 nitrogen and oxygen atoms in total. The highest BCUT2D eigenvalue weighted by Gasteiger charge is 2.39. The van der Waals surface area contributed by atoms with Gasteiger partial charge in [-0.3, -0.25) is 0 Å². The standard InChI is InChI=1S/C18H19F3N4/c1-4-9-22-14-10-12(3)23-17-15(13-7-5-11(2)6-8-13)16(18(19,20)21)24-25(14)17/h5-8,10,22H,4,9H2,1-3H3. The molecule has 25 heavy (non-hydrogen) atoms. The van der Waals surface area contributed by atoms with Crippen LogP contribution in [0.2, 0.25) is 0 Å². The van der Waals surface area contributed by atoms with Crippen LogP contribution in [0.25, 0.3) is 16.8 Å². The van der Waals surface area contributed by atoms with Gasteiger partial charge in [-0.2, -0.15) is 22.8 Å². The highest BCUT2D eigenvalue weighted by Crippen LogP contribution is 2.39. The number of aromatic nitrogens is 3. The molecule has 3 aromatic rings. The zero-order valence-corrected chi connectivity index (χ0v) is 14.3. The van der Waals surface area contributed by atoms with Crippen molar-refractivity contribution in [2.45, 2.75) is 33.4 Å². The lowest BCUT2D eigenvalue weighted by Crippen LogP contribution is -2.09. The molecule has 2 heterocycles. The average molecular weight is 348 g/mol. The number of nitrogens with one attached hydrogen (secondary N) is 1. The smallest absolute Gasteiger partial charge is 0.370 e. The number of aryl methyl sites for hydroxylation is 2. The minimum atomic E-state index is -4.57. The number of hydrogen-bond acceptors (Lipinski definition) is 3. The Morgan fingerprint density at radius 1 is 1.12 bits per heavy atom. The van der Waals surface area contributed by atoms with E-state index in [-0.39, 0.29) is 11.2 Å². The van der Waals surface area contributed by atoms with Gasteiger partial charge < -0.3 is 5.32 Å². The van der Waals surface area contributed by atoms with Crippen molar-refractivity contribution in [2.75, 3.05) is 11.9 Å². The summed E-state index contributed by atoms with van der Waals surface area (Å²) >= 11 is 0. The molecule has 0 saturated heterocycles. The zero-order chi connectivity index (χ0) is 18.2. The van der Waals surface area contributed by atoms with Gasteiger partial charge in [0.25, 0.3) is 0 Å². The molecule has 7 heteroatoms. The summed E-state index contributed by atoms with van der Waals surface area (Å²) in [6, 6.07) is 8.61. The molecule has 0 aliphatic rings. The van der Waals surface area contributed by atoms with Gasteiger partial charge in [0, 0.05) is 18.3 Å². The van der Waals surface area contributed by atoms with E-state index in [1.165, 1.54) is 4.52 Å². The fourth-order valence-corrected chi connectivity index (χ4v) is 2.70. The molecule has 3 rings (SSSR count). The average Bonchev–Trinajstić information content (AvgIpc) is 2.93. The second kappa shape index (κ2) is 6.38. The number of rotatable bonds is 4. The molecular formula is C18H19F3N4. The summed E-state index contributed by atoms with van der Waals surface area (Å²) in [6.45, 7) is 6.27. The third kappa shape index (κ3) is 3.31. The summed E-state index contributed by atoms with van der Waals surface area (Å²) in [5.74, 6) is 0.508. The predicted molar refractivity (Wildman–Crippen MR) is 91.7 cm³/mol. The lowest BCUT2D eigenvalue weighted by atomic mass is 10.0. The number of halogens is 3. The largest absolute Gasteiger partial charge is 0.435 e. The van der Waals surface area contributed by atoms with Crippen molar-refractivity contribution < 1.29 is 13.2 Å². The summed E-state index contributed by atoms with van der Waals surface area (Å²) in [5.41, 5.74) is 1.35. The van der Waals surface area contributed by atoms with Crippen LogP contribution in [-0.4, -0.2) is 21.1 Å². The Bertz CT molecular complexity index is 895. The molecule has 0 saturated carbocycles. The predicted octanol–water partition coefficient (Wildman–Crippen LogP) is 4.85. The molecule has 1 aromatic carbocycles. The van der Waals surface area contributed by atoms with Crippen LogP contribution in [0.15, 0.2) is 30.3 Å². The molecule has 0 radical (unpaired) electrons. The molecule has 0 aliphatic heterocycles. The molecule has 0 fully saturated rings. The van der Waals surface area contributed by atoms with E-state index in [1.54, 1.807) is 37.3 Å². The molecular weight excluding hydrogens is 329 g/mol. The van der Waals surface area contributed by atoms with E-state index in [2.05, 4.69) is 15.4 Å². The minimum absolute atomic E-state index is 0.00995. The van der Waals surface area contributed by atoms with Crippen molar-refractivity contribution in [1.29, 1.82) is 0 Å². The first-order valence-corrected chi connectivity index (χ1v) is 8.09. The van der Waals surface area contributed by atoms with Crippen LogP contribution >= 0.6 is 0 Å². The molecule has 2 aromatic heterocycles. The van der Waals surface area contributed by atoms with Crippen LogP contribution < -0.4 is 5.32 Å². The van der Waals surface area contributed by atoms with Gasteiger partial charge in [0.2, 0.25) is 0 Å². The van der Waals surface area contributed by atoms with Gasteiger partial charge in [0.05, 0.1) is 5.56 Å². The number of fused-ring (bicyclic) bond motifs is 1. The second-order valence-electron chi connectivity index (χ2n) is 6.03. The Hall–Kier alpha value is -2.57. The lowest BCUT2D eigenvalue weighted by Gasteiger charge is -2.09. The van der Waals surface area contributed by atoms with E-state index in [0.29, 0.717) is 23.6 Å². The molecule has 0 spiro atoms. The Kier molecular flexibility index (Phi) is 4.41. The highest BCUT2D eigenvalue weighted by atomic mass is 19.4. The lowest BCUT2D eigenvalue weighted by molar-refractivity contribution is -0.140. The second-order valence-corrected chi connectivity index (χ2v) is 6.03. The fourth-order valence-electron chi connectivity index (χ4n) is 2.70. The first kappa shape index (κ1) is 17.3. The van der Waals surface area contributed by atoms with E-state index < -0.39 is 11.9 Å². The van der Waals surface area contributed by atoms with Gasteiger partial charge in [-0.05, 0) is 25.8 Å². The highest BCUT2D eigenvalue weighted by molar-refractivity contribution is 5.81. The molecule has 132 valence electrons. The maximum atomic E-state index is 13.6. The number of anilines is 1. The molecule has 0 atom stereocenters. The van der Waals surface area contributed by atoms with Crippen LogP contribution in [-0.2, 0) is 6.18 Å². The van der Waals surface area contributed by atoms with Gasteiger partial charge in [0.15, 0.2) is 11.3 Å². The van der Waals surface area contributed by atoms with E-state index in [4.69, 9.17) is 0 Å². The number of benzene rings is 1. The number of hydrogen-bond donors (Lipinski definition) is 1. The summed E-state index contributed by atoms with van der Waals surface area (Å²) in [4.78, 5) is 4.34. The quantitative estimate of drug-likeness (QED) is 0.732. The van der Waals surface area contributed by atoms with Crippen molar-refractivity contribution >= 4 is 11.5 Å². The van der Waals surface area contributed by atoms with E-state index in [0.717, 1.165) is 12.0 Å². The van der Waals surface area contributed by atoms with Crippen molar-refractivity contribution in [3.63, 3.8) is 0 Å². The zero-order valence-electron chi connectivity index (χ0n) is 14.3. The van der Waals surface area contributed by atoms with Crippen molar-refractivity contribution in [3.05, 3.63) is 47.3 Å². The molecule has 0 amide bonds. The van der Waals surface area contributed by atoms with Gasteiger partial charge in [-0.25, -0.2) is 4.98 Å². The van der Waals surface area contributed by atoms with Gasteiger partial charge >= 0.3 is 6.18 Å². The van der Waals surface area contributed by atoms with Crippen molar-refractivity contribution in [3.8, 4) is 11.1 Å². The summed E-state index contributed by atoms with van der Waals surface area (Å²) < 4.78 is 42.1. The van der Waals surface area contributed by atoms with Crippen LogP contribution in [0.3, 0.4) is 0 Å². The van der Waals surface area contributed by atoms with Crippen LogP contribution in [0.5, 0.6) is 0 Å². The fraction of sp³-hybridized carbons (Fsp3) is 0.333. The summed E-state index contributed by atoms with van der Waals surface area (Å²) in [5, 5.41) is 6.97. The Morgan fingerprint density at radius 3 is 2.40 bits per heavy atom. The molecule has 1 N–H and O–H groups in total. The van der Waals surface area contributed by atoms with Crippen molar-refractivity contribution in [2.24, 2.45) is 0 Å². The first-order chi connectivity index (χ1) is 11.8. The summed E-state index contributed by atoms with van der Waals surface area (Å²) in [6.07, 6.45) is -3.72. The van der Waals surface area contributed by atoms with E-state index in [1.807, 2.05) is 13.8 Å². The van der Waals surface area contributed by atoms with Crippen LogP contribution in [0, 0.1) is 13.8 Å². The van der Waals surface area contributed by atoms with E-state index in [9.17, 15) is 13.2 Å². The summed E-state index contributed by atoms with van der Waals surface area (Å²) in [7, 11) is 0. The van der Waals surface area contributed by atoms with Crippen LogP contribution in [0.4, 0.5) is 19.0 Å². The van der Waals surface area contributed by atoms with Crippen molar-refractivity contribution in [1.82, 2.24) is 14.6 Å². The van der Waals surface area contributed by atoms with Gasteiger partial charge in [-0.1, -0.05) is 36.8 Å². The Morgan fingerprint density at radius 2 is 1.80 bits per heavy atom. The number of alkyl halides is 3. The Balaban J connectivity index is 2.32. The van der Waals surface area contributed by atoms with Gasteiger partial charge in [-0.15, -0.1) is 0 Å². The molecule has 0 unspecified atom stereocenters. The molecule has 0 aliphatic carbocycles. The number of nitrogens with zero attached hydrogens (tertiary/aromatic N) is 3. The third-order valence-electron chi connectivity index (χ3n) is 3.88. The maximum absolute atomic E-state index is 13.6. The normalized spacial score (nSPS) is 11.9. The molecule has 0 bridgehead atoms. The minimum Gasteiger partial charge on any atom is -0.370 e. The monoisotopic (exact) mass is 348 g/mol. The van der Waals surface area contributed by atoms with Gasteiger partial charge in [0.1, 0.15) is 5.82 Å². The maximum Gasteiger partial charge on any atom is 0.435 e. The van der Waals surface area contributed by atoms with Crippen LogP contribution in [0.1, 0.15) is 30.3 Å². The SMILES string of the molecule is CCCNc1cc(C)nc2c(-c3ccc(C)cc3)c(C(F)(F)F)nn12. The first-order valence-electron chi connectivity index (χ1n) is 8.09. The van der Waals surface area contributed by atoms with E-state index >= 15 is 0 Å². The third-order valence-corrected chi connectivity index (χ3v) is 3.88. The Labute approximate surface area is 143 Å².